The molecule has 0 unspecified atom stereocenters. The van der Waals surface area contributed by atoms with Gasteiger partial charge in [0.1, 0.15) is 5.75 Å². The van der Waals surface area contributed by atoms with Crippen molar-refractivity contribution in [1.82, 2.24) is 0 Å². The molecule has 2 aromatic carbocycles. The van der Waals surface area contributed by atoms with Crippen molar-refractivity contribution in [3.63, 3.8) is 0 Å². The molecule has 0 aliphatic heterocycles. The highest BCUT2D eigenvalue weighted by atomic mass is 32.2. The minimum absolute atomic E-state index is 0.120. The predicted molar refractivity (Wildman–Crippen MR) is 129 cm³/mol. The van der Waals surface area contributed by atoms with Gasteiger partial charge in [0.05, 0.1) is 4.90 Å². The van der Waals surface area contributed by atoms with Crippen LogP contribution in [0.25, 0.3) is 0 Å². The van der Waals surface area contributed by atoms with Crippen molar-refractivity contribution in [2.45, 2.75) is 95.3 Å². The summed E-state index contributed by atoms with van der Waals surface area (Å²) in [5.74, 6) is 0.839. The van der Waals surface area contributed by atoms with Gasteiger partial charge in [-0.1, -0.05) is 89.7 Å². The molecule has 2 rings (SSSR count). The van der Waals surface area contributed by atoms with Crippen LogP contribution in [0.4, 0.5) is 0 Å². The fraction of sp³-hybridized carbons (Fsp3) is 0.538. The Morgan fingerprint density at radius 2 is 1.28 bits per heavy atom. The molecule has 2 N–H and O–H groups in total. The standard InChI is InChI=1S/C26H38O5S/c1-2-3-4-5-6-7-8-9-10-11-12-13-15-22-16-14-17-25(26(22)27)31-23-18-20-24(21-19-23)32(28,29)30/h14,16-21,27H,2-13,15H2,1H3,(H,28,29,30). The number of para-hydroxylation sites is 1. The van der Waals surface area contributed by atoms with Gasteiger partial charge in [0, 0.05) is 0 Å². The van der Waals surface area contributed by atoms with Crippen LogP contribution in [-0.2, 0) is 16.5 Å². The van der Waals surface area contributed by atoms with E-state index in [4.69, 9.17) is 9.29 Å². The average molecular weight is 463 g/mol. The van der Waals surface area contributed by atoms with Crippen molar-refractivity contribution in [2.75, 3.05) is 0 Å². The molecule has 5 nitrogen and oxygen atoms in total. The zero-order valence-corrected chi connectivity index (χ0v) is 20.1. The lowest BCUT2D eigenvalue weighted by atomic mass is 10.0. The molecule has 6 heteroatoms. The molecular weight excluding hydrogens is 424 g/mol. The van der Waals surface area contributed by atoms with E-state index in [0.29, 0.717) is 11.5 Å². The van der Waals surface area contributed by atoms with Gasteiger partial charge < -0.3 is 9.84 Å². The molecule has 0 spiro atoms. The molecule has 0 saturated heterocycles. The highest BCUT2D eigenvalue weighted by molar-refractivity contribution is 7.85. The van der Waals surface area contributed by atoms with Crippen molar-refractivity contribution >= 4 is 10.1 Å². The fourth-order valence-corrected chi connectivity index (χ4v) is 4.29. The number of hydrogen-bond donors (Lipinski definition) is 2. The Bertz CT molecular complexity index is 891. The zero-order chi connectivity index (χ0) is 23.2. The van der Waals surface area contributed by atoms with Gasteiger partial charge in [-0.05, 0) is 48.7 Å². The van der Waals surface area contributed by atoms with E-state index in [9.17, 15) is 13.5 Å². The van der Waals surface area contributed by atoms with Gasteiger partial charge in [0.2, 0.25) is 0 Å². The van der Waals surface area contributed by atoms with Crippen LogP contribution in [-0.4, -0.2) is 18.1 Å². The van der Waals surface area contributed by atoms with Gasteiger partial charge in [0.25, 0.3) is 10.1 Å². The van der Waals surface area contributed by atoms with Gasteiger partial charge in [-0.25, -0.2) is 0 Å². The number of aromatic hydroxyl groups is 1. The van der Waals surface area contributed by atoms with Crippen molar-refractivity contribution in [3.05, 3.63) is 48.0 Å². The summed E-state index contributed by atoms with van der Waals surface area (Å²) >= 11 is 0. The van der Waals surface area contributed by atoms with E-state index in [1.54, 1.807) is 6.07 Å². The number of hydrogen-bond acceptors (Lipinski definition) is 4. The normalized spacial score (nSPS) is 11.6. The molecule has 0 heterocycles. The zero-order valence-electron chi connectivity index (χ0n) is 19.3. The Balaban J connectivity index is 1.68. The SMILES string of the molecule is CCCCCCCCCCCCCCc1cccc(Oc2ccc(S(=O)(=O)O)cc2)c1O. The quantitative estimate of drug-likeness (QED) is 0.197. The molecule has 0 saturated carbocycles. The molecule has 0 aliphatic carbocycles. The van der Waals surface area contributed by atoms with Crippen LogP contribution in [0.2, 0.25) is 0 Å². The van der Waals surface area contributed by atoms with Gasteiger partial charge in [-0.15, -0.1) is 0 Å². The summed E-state index contributed by atoms with van der Waals surface area (Å²) in [6.07, 6.45) is 16.3. The molecule has 32 heavy (non-hydrogen) atoms. The van der Waals surface area contributed by atoms with E-state index >= 15 is 0 Å². The van der Waals surface area contributed by atoms with E-state index in [-0.39, 0.29) is 10.6 Å². The summed E-state index contributed by atoms with van der Waals surface area (Å²) in [6, 6.07) is 10.8. The van der Waals surface area contributed by atoms with Crippen LogP contribution in [0.1, 0.15) is 89.5 Å². The van der Waals surface area contributed by atoms with Crippen LogP contribution in [0.3, 0.4) is 0 Å². The average Bonchev–Trinajstić information content (AvgIpc) is 2.76. The molecule has 0 bridgehead atoms. The first-order valence-electron chi connectivity index (χ1n) is 12.0. The molecule has 0 aliphatic rings. The second kappa shape index (κ2) is 14.2. The molecule has 0 aromatic heterocycles. The Labute approximate surface area is 193 Å². The number of phenolic OH excluding ortho intramolecular Hbond substituents is 1. The first-order chi connectivity index (χ1) is 15.4. The third-order valence-corrected chi connectivity index (χ3v) is 6.60. The molecule has 0 radical (unpaired) electrons. The topological polar surface area (TPSA) is 83.8 Å². The lowest BCUT2D eigenvalue weighted by molar-refractivity contribution is 0.405. The van der Waals surface area contributed by atoms with Crippen LogP contribution < -0.4 is 4.74 Å². The van der Waals surface area contributed by atoms with Crippen molar-refractivity contribution in [3.8, 4) is 17.2 Å². The highest BCUT2D eigenvalue weighted by Gasteiger charge is 2.12. The third kappa shape index (κ3) is 9.61. The van der Waals surface area contributed by atoms with Gasteiger partial charge in [0.15, 0.2) is 11.5 Å². The summed E-state index contributed by atoms with van der Waals surface area (Å²) in [4.78, 5) is -0.199. The van der Waals surface area contributed by atoms with Gasteiger partial charge in [-0.2, -0.15) is 8.42 Å². The van der Waals surface area contributed by atoms with E-state index in [0.717, 1.165) is 24.8 Å². The summed E-state index contributed by atoms with van der Waals surface area (Å²) in [7, 11) is -4.24. The first kappa shape index (κ1) is 26.2. The van der Waals surface area contributed by atoms with Gasteiger partial charge in [-0.3, -0.25) is 4.55 Å². The smallest absolute Gasteiger partial charge is 0.294 e. The van der Waals surface area contributed by atoms with Crippen molar-refractivity contribution in [2.24, 2.45) is 0 Å². The van der Waals surface area contributed by atoms with Crippen molar-refractivity contribution in [1.29, 1.82) is 0 Å². The van der Waals surface area contributed by atoms with E-state index in [2.05, 4.69) is 6.92 Å². The number of benzene rings is 2. The van der Waals surface area contributed by atoms with E-state index in [1.165, 1.54) is 88.5 Å². The minimum atomic E-state index is -4.24. The first-order valence-corrected chi connectivity index (χ1v) is 13.4. The summed E-state index contributed by atoms with van der Waals surface area (Å²) in [5.41, 5.74) is 0.851. The van der Waals surface area contributed by atoms with Gasteiger partial charge >= 0.3 is 0 Å². The Hall–Kier alpha value is -2.05. The molecule has 0 amide bonds. The lowest BCUT2D eigenvalue weighted by Crippen LogP contribution is -1.97. The van der Waals surface area contributed by atoms with Crippen LogP contribution in [0.5, 0.6) is 17.2 Å². The van der Waals surface area contributed by atoms with E-state index < -0.39 is 10.1 Å². The summed E-state index contributed by atoms with van der Waals surface area (Å²) < 4.78 is 37.0. The number of phenols is 1. The third-order valence-electron chi connectivity index (χ3n) is 5.73. The van der Waals surface area contributed by atoms with Crippen LogP contribution >= 0.6 is 0 Å². The lowest BCUT2D eigenvalue weighted by Gasteiger charge is -2.11. The largest absolute Gasteiger partial charge is 0.504 e. The minimum Gasteiger partial charge on any atom is -0.504 e. The molecule has 0 atom stereocenters. The molecular formula is C26H38O5S. The Morgan fingerprint density at radius 1 is 0.750 bits per heavy atom. The number of rotatable bonds is 16. The Morgan fingerprint density at radius 3 is 1.81 bits per heavy atom. The predicted octanol–water partition coefficient (Wildman–Crippen LogP) is 7.67. The maximum absolute atomic E-state index is 11.1. The molecule has 2 aromatic rings. The summed E-state index contributed by atoms with van der Waals surface area (Å²) in [6.45, 7) is 2.25. The second-order valence-corrected chi connectivity index (χ2v) is 9.87. The van der Waals surface area contributed by atoms with Crippen molar-refractivity contribution < 1.29 is 22.8 Å². The maximum atomic E-state index is 11.1. The number of unbranched alkanes of at least 4 members (excludes halogenated alkanes) is 11. The van der Waals surface area contributed by atoms with E-state index in [1.807, 2.05) is 12.1 Å². The monoisotopic (exact) mass is 462 g/mol. The van der Waals surface area contributed by atoms with Crippen LogP contribution in [0, 0.1) is 0 Å². The molecule has 0 fully saturated rings. The highest BCUT2D eigenvalue weighted by Crippen LogP contribution is 2.34. The maximum Gasteiger partial charge on any atom is 0.294 e. The number of ether oxygens (including phenoxy) is 1. The number of aryl methyl sites for hydroxylation is 1. The Kier molecular flexibility index (Phi) is 11.6. The fourth-order valence-electron chi connectivity index (χ4n) is 3.81. The second-order valence-electron chi connectivity index (χ2n) is 8.45. The van der Waals surface area contributed by atoms with Crippen LogP contribution in [0.15, 0.2) is 47.4 Å². The molecule has 178 valence electrons. The summed E-state index contributed by atoms with van der Waals surface area (Å²) in [5, 5.41) is 10.6.